The Hall–Kier alpha value is -0.0800. The molecule has 0 bridgehead atoms. The zero-order valence-electron chi connectivity index (χ0n) is 5.93. The first-order valence-electron chi connectivity index (χ1n) is 3.78. The van der Waals surface area contributed by atoms with E-state index in [9.17, 15) is 0 Å². The minimum atomic E-state index is 0.829. The number of likely N-dealkylation sites (tertiary alicyclic amines) is 1. The number of fused-ring (bicyclic) bond motifs is 1. The second-order valence-electron chi connectivity index (χ2n) is 3.33. The lowest BCUT2D eigenvalue weighted by Gasteiger charge is -2.07. The Kier molecular flexibility index (Phi) is 1.24. The number of likely N-dealkylation sites (N-methyl/N-ethyl adjacent to an activating group) is 1. The second kappa shape index (κ2) is 1.96. The van der Waals surface area contributed by atoms with Gasteiger partial charge in [0.2, 0.25) is 0 Å². The number of hydrogen-bond donors (Lipinski definition) is 1. The first-order valence-corrected chi connectivity index (χ1v) is 3.78. The molecule has 0 aromatic rings. The number of rotatable bonds is 0. The van der Waals surface area contributed by atoms with Crippen LogP contribution in [0.5, 0.6) is 0 Å². The van der Waals surface area contributed by atoms with E-state index in [-0.39, 0.29) is 0 Å². The third kappa shape index (κ3) is 0.864. The third-order valence-corrected chi connectivity index (χ3v) is 2.55. The lowest BCUT2D eigenvalue weighted by molar-refractivity contribution is 0.382. The van der Waals surface area contributed by atoms with Crippen LogP contribution in [0.3, 0.4) is 0 Å². The van der Waals surface area contributed by atoms with Gasteiger partial charge in [0.05, 0.1) is 0 Å². The predicted octanol–water partition coefficient (Wildman–Crippen LogP) is -0.0901. The summed E-state index contributed by atoms with van der Waals surface area (Å²) in [6, 6.07) is 0.829. The van der Waals surface area contributed by atoms with Crippen molar-refractivity contribution in [3.63, 3.8) is 0 Å². The predicted molar refractivity (Wildman–Crippen MR) is 37.4 cm³/mol. The van der Waals surface area contributed by atoms with E-state index < -0.39 is 0 Å². The molecule has 0 unspecified atom stereocenters. The zero-order valence-corrected chi connectivity index (χ0v) is 5.93. The van der Waals surface area contributed by atoms with Crippen molar-refractivity contribution >= 4 is 0 Å². The van der Waals surface area contributed by atoms with Crippen LogP contribution in [-0.4, -0.2) is 37.6 Å². The average molecular weight is 126 g/mol. The van der Waals surface area contributed by atoms with E-state index in [0.717, 1.165) is 12.0 Å². The molecule has 0 aromatic heterocycles. The van der Waals surface area contributed by atoms with Crippen LogP contribution >= 0.6 is 0 Å². The van der Waals surface area contributed by atoms with Gasteiger partial charge in [-0.05, 0) is 25.9 Å². The zero-order chi connectivity index (χ0) is 6.27. The van der Waals surface area contributed by atoms with E-state index in [1.54, 1.807) is 0 Å². The van der Waals surface area contributed by atoms with Gasteiger partial charge in [-0.25, -0.2) is 0 Å². The molecule has 2 heteroatoms. The maximum Gasteiger partial charge on any atom is 0.0235 e. The number of hydrogen-bond acceptors (Lipinski definition) is 2. The minimum absolute atomic E-state index is 0.829. The molecule has 0 saturated carbocycles. The van der Waals surface area contributed by atoms with Crippen LogP contribution in [0.4, 0.5) is 0 Å². The van der Waals surface area contributed by atoms with Crippen molar-refractivity contribution in [3.05, 3.63) is 0 Å². The molecule has 0 aliphatic carbocycles. The van der Waals surface area contributed by atoms with E-state index in [2.05, 4.69) is 17.3 Å². The highest BCUT2D eigenvalue weighted by molar-refractivity contribution is 4.92. The van der Waals surface area contributed by atoms with Crippen molar-refractivity contribution in [2.75, 3.05) is 26.7 Å². The van der Waals surface area contributed by atoms with Crippen LogP contribution in [0.25, 0.3) is 0 Å². The quantitative estimate of drug-likeness (QED) is 0.488. The normalized spacial score (nSPS) is 43.7. The van der Waals surface area contributed by atoms with Crippen molar-refractivity contribution in [3.8, 4) is 0 Å². The van der Waals surface area contributed by atoms with Gasteiger partial charge in [-0.3, -0.25) is 0 Å². The Morgan fingerprint density at radius 3 is 3.11 bits per heavy atom. The van der Waals surface area contributed by atoms with E-state index in [4.69, 9.17) is 0 Å². The van der Waals surface area contributed by atoms with E-state index in [0.29, 0.717) is 0 Å². The monoisotopic (exact) mass is 126 g/mol. The molecule has 9 heavy (non-hydrogen) atoms. The summed E-state index contributed by atoms with van der Waals surface area (Å²) in [6.45, 7) is 3.84. The minimum Gasteiger partial charge on any atom is -0.312 e. The SMILES string of the molecule is CN1C[C@@H]2CCN[C@@H]2C1. The summed E-state index contributed by atoms with van der Waals surface area (Å²) >= 11 is 0. The smallest absolute Gasteiger partial charge is 0.0235 e. The molecule has 2 aliphatic heterocycles. The molecule has 2 saturated heterocycles. The van der Waals surface area contributed by atoms with Gasteiger partial charge in [0.15, 0.2) is 0 Å². The van der Waals surface area contributed by atoms with Gasteiger partial charge in [-0.2, -0.15) is 0 Å². The lowest BCUT2D eigenvalue weighted by atomic mass is 10.1. The molecule has 1 N–H and O–H groups in total. The first-order chi connectivity index (χ1) is 4.36. The van der Waals surface area contributed by atoms with Crippen molar-refractivity contribution < 1.29 is 0 Å². The molecule has 52 valence electrons. The van der Waals surface area contributed by atoms with Gasteiger partial charge in [-0.1, -0.05) is 0 Å². The van der Waals surface area contributed by atoms with Gasteiger partial charge < -0.3 is 10.2 Å². The van der Waals surface area contributed by atoms with Crippen LogP contribution < -0.4 is 5.32 Å². The topological polar surface area (TPSA) is 15.3 Å². The summed E-state index contributed by atoms with van der Waals surface area (Å²) in [5, 5.41) is 3.51. The van der Waals surface area contributed by atoms with Crippen LogP contribution in [0.2, 0.25) is 0 Å². The highest BCUT2D eigenvalue weighted by Crippen LogP contribution is 2.22. The molecule has 0 spiro atoms. The van der Waals surface area contributed by atoms with Gasteiger partial charge in [-0.15, -0.1) is 0 Å². The lowest BCUT2D eigenvalue weighted by Crippen LogP contribution is -2.28. The molecule has 2 atom stereocenters. The summed E-state index contributed by atoms with van der Waals surface area (Å²) in [4.78, 5) is 2.42. The summed E-state index contributed by atoms with van der Waals surface area (Å²) < 4.78 is 0. The molecule has 0 aromatic carbocycles. The summed E-state index contributed by atoms with van der Waals surface area (Å²) in [5.41, 5.74) is 0. The Morgan fingerprint density at radius 1 is 1.44 bits per heavy atom. The molecule has 2 nitrogen and oxygen atoms in total. The third-order valence-electron chi connectivity index (χ3n) is 2.55. The van der Waals surface area contributed by atoms with Crippen molar-refractivity contribution in [1.29, 1.82) is 0 Å². The first kappa shape index (κ1) is 5.69. The fraction of sp³-hybridized carbons (Fsp3) is 1.00. The number of nitrogens with one attached hydrogen (secondary N) is 1. The van der Waals surface area contributed by atoms with Gasteiger partial charge >= 0.3 is 0 Å². The Labute approximate surface area is 56.2 Å². The maximum atomic E-state index is 3.51. The largest absolute Gasteiger partial charge is 0.312 e. The molecule has 0 amide bonds. The van der Waals surface area contributed by atoms with Crippen molar-refractivity contribution in [2.24, 2.45) is 5.92 Å². The molecule has 2 rings (SSSR count). The van der Waals surface area contributed by atoms with Gasteiger partial charge in [0.1, 0.15) is 0 Å². The fourth-order valence-corrected chi connectivity index (χ4v) is 2.06. The van der Waals surface area contributed by atoms with Crippen LogP contribution in [0.15, 0.2) is 0 Å². The molecular weight excluding hydrogens is 112 g/mol. The maximum absolute atomic E-state index is 3.51. The standard InChI is InChI=1S/C7H14N2/c1-9-4-6-2-3-8-7(6)5-9/h6-8H,2-5H2,1H3/t6-,7+/m0/s1. The molecule has 0 radical (unpaired) electrons. The molecule has 2 aliphatic rings. The van der Waals surface area contributed by atoms with Crippen molar-refractivity contribution in [1.82, 2.24) is 10.2 Å². The fourth-order valence-electron chi connectivity index (χ4n) is 2.06. The summed E-state index contributed by atoms with van der Waals surface area (Å²) in [5.74, 6) is 0.968. The van der Waals surface area contributed by atoms with E-state index >= 15 is 0 Å². The Bertz CT molecular complexity index is 101. The van der Waals surface area contributed by atoms with E-state index in [1.165, 1.54) is 26.1 Å². The van der Waals surface area contributed by atoms with Crippen LogP contribution in [0.1, 0.15) is 6.42 Å². The summed E-state index contributed by atoms with van der Waals surface area (Å²) in [7, 11) is 2.21. The van der Waals surface area contributed by atoms with Crippen LogP contribution in [-0.2, 0) is 0 Å². The molecular formula is C7H14N2. The molecule has 2 heterocycles. The Balaban J connectivity index is 2.02. The summed E-state index contributed by atoms with van der Waals surface area (Å²) in [6.07, 6.45) is 1.40. The van der Waals surface area contributed by atoms with Crippen LogP contribution in [0, 0.1) is 5.92 Å². The van der Waals surface area contributed by atoms with Crippen molar-refractivity contribution in [2.45, 2.75) is 12.5 Å². The number of nitrogens with zero attached hydrogens (tertiary/aromatic N) is 1. The Morgan fingerprint density at radius 2 is 2.33 bits per heavy atom. The van der Waals surface area contributed by atoms with Gasteiger partial charge in [0.25, 0.3) is 0 Å². The highest BCUT2D eigenvalue weighted by atomic mass is 15.2. The highest BCUT2D eigenvalue weighted by Gasteiger charge is 2.33. The van der Waals surface area contributed by atoms with E-state index in [1.807, 2.05) is 0 Å². The second-order valence-corrected chi connectivity index (χ2v) is 3.33. The molecule has 2 fully saturated rings. The van der Waals surface area contributed by atoms with Gasteiger partial charge in [0, 0.05) is 19.1 Å². The average Bonchev–Trinajstić information content (AvgIpc) is 2.22.